The Kier molecular flexibility index (Phi) is 11.2. The largest absolute Gasteiger partial charge is 0.494 e. The number of nitrogens with zero attached hydrogens (tertiary/aromatic N) is 2. The van der Waals surface area contributed by atoms with Gasteiger partial charge in [-0.2, -0.15) is 0 Å². The number of nitrogens with two attached hydrogens (primary N) is 2. The van der Waals surface area contributed by atoms with Crippen LogP contribution in [0.4, 0.5) is 11.4 Å². The van der Waals surface area contributed by atoms with Gasteiger partial charge in [-0.25, -0.2) is 14.4 Å². The number of hydrogen-bond acceptors (Lipinski definition) is 7. The van der Waals surface area contributed by atoms with Gasteiger partial charge < -0.3 is 25.0 Å². The van der Waals surface area contributed by atoms with Gasteiger partial charge >= 0.3 is 0 Å². The Morgan fingerprint density at radius 3 is 2.31 bits per heavy atom. The number of benzene rings is 3. The fourth-order valence-electron chi connectivity index (χ4n) is 4.62. The van der Waals surface area contributed by atoms with Crippen molar-refractivity contribution in [1.29, 1.82) is 0 Å². The zero-order chi connectivity index (χ0) is 28.5. The molecular formula is C30H42N4O4S. The second kappa shape index (κ2) is 14.3. The molecule has 0 fully saturated rings. The topological polar surface area (TPSA) is 103 Å². The molecule has 3 aromatic rings. The Morgan fingerprint density at radius 2 is 1.69 bits per heavy atom. The molecule has 0 heterocycles. The van der Waals surface area contributed by atoms with Gasteiger partial charge in [0.05, 0.1) is 24.3 Å². The lowest BCUT2D eigenvalue weighted by molar-refractivity contribution is 0.110. The number of methoxy groups -OCH3 is 1. The van der Waals surface area contributed by atoms with Gasteiger partial charge in [0.25, 0.3) is 0 Å². The van der Waals surface area contributed by atoms with E-state index in [2.05, 4.69) is 32.0 Å². The van der Waals surface area contributed by atoms with Crippen LogP contribution in [0.5, 0.6) is 11.5 Å². The van der Waals surface area contributed by atoms with Crippen LogP contribution >= 0.6 is 0 Å². The average molecular weight is 555 g/mol. The Labute approximate surface area is 235 Å². The third kappa shape index (κ3) is 7.73. The summed E-state index contributed by atoms with van der Waals surface area (Å²) in [7, 11) is 3.92. The Balaban J connectivity index is 1.78. The second-order valence-electron chi connectivity index (χ2n) is 9.47. The van der Waals surface area contributed by atoms with Crippen molar-refractivity contribution in [3.63, 3.8) is 0 Å². The molecule has 9 heteroatoms. The summed E-state index contributed by atoms with van der Waals surface area (Å²) >= 11 is 0. The first kappa shape index (κ1) is 30.4. The molecular weight excluding hydrogens is 512 g/mol. The summed E-state index contributed by atoms with van der Waals surface area (Å²) in [6.45, 7) is 8.42. The molecule has 0 aliphatic carbocycles. The second-order valence-corrected chi connectivity index (χ2v) is 11.1. The SMILES string of the molecule is CCOCCOc1ccc(S(=O)N(C)Cc2cc(C(CC)c3cc(N)c(N(C)N)c(OC)c3)ccc2C)cc1. The van der Waals surface area contributed by atoms with Crippen LogP contribution in [-0.4, -0.2) is 49.5 Å². The number of hydrogen-bond donors (Lipinski definition) is 2. The molecule has 0 amide bonds. The van der Waals surface area contributed by atoms with E-state index in [1.807, 2.05) is 54.7 Å². The van der Waals surface area contributed by atoms with Crippen molar-refractivity contribution in [3.8, 4) is 11.5 Å². The van der Waals surface area contributed by atoms with Gasteiger partial charge in [0, 0.05) is 33.2 Å². The Morgan fingerprint density at radius 1 is 0.974 bits per heavy atom. The van der Waals surface area contributed by atoms with Crippen LogP contribution in [0.15, 0.2) is 59.5 Å². The predicted molar refractivity (Wildman–Crippen MR) is 160 cm³/mol. The molecule has 0 aliphatic rings. The van der Waals surface area contributed by atoms with Crippen LogP contribution in [0.25, 0.3) is 0 Å². The number of anilines is 2. The van der Waals surface area contributed by atoms with Gasteiger partial charge in [0.1, 0.15) is 34.8 Å². The molecule has 2 unspecified atom stereocenters. The maximum absolute atomic E-state index is 13.3. The van der Waals surface area contributed by atoms with E-state index < -0.39 is 11.0 Å². The maximum atomic E-state index is 13.3. The molecule has 0 aromatic heterocycles. The molecule has 212 valence electrons. The molecule has 0 aliphatic heterocycles. The van der Waals surface area contributed by atoms with Crippen LogP contribution < -0.4 is 26.1 Å². The van der Waals surface area contributed by atoms with Gasteiger partial charge in [0.15, 0.2) is 0 Å². The van der Waals surface area contributed by atoms with E-state index >= 15 is 0 Å². The lowest BCUT2D eigenvalue weighted by Crippen LogP contribution is -2.26. The third-order valence-electron chi connectivity index (χ3n) is 6.69. The number of rotatable bonds is 14. The van der Waals surface area contributed by atoms with Crippen molar-refractivity contribution in [1.82, 2.24) is 4.31 Å². The van der Waals surface area contributed by atoms with Crippen molar-refractivity contribution >= 4 is 22.4 Å². The molecule has 2 atom stereocenters. The standard InChI is InChI=1S/C30H42N4O4S/c1-7-27(23-18-28(31)30(34(5)32)29(19-23)36-6)22-10-9-21(3)24(17-22)20-33(4)39(35)26-13-11-25(12-14-26)38-16-15-37-8-2/h9-14,17-19,27H,7-8,15-16,20,31-32H2,1-6H3. The molecule has 39 heavy (non-hydrogen) atoms. The van der Waals surface area contributed by atoms with Gasteiger partial charge in [-0.3, -0.25) is 0 Å². The average Bonchev–Trinajstić information content (AvgIpc) is 2.92. The van der Waals surface area contributed by atoms with E-state index in [1.54, 1.807) is 14.2 Å². The van der Waals surface area contributed by atoms with Crippen molar-refractivity contribution in [2.45, 2.75) is 44.6 Å². The van der Waals surface area contributed by atoms with E-state index in [1.165, 1.54) is 10.6 Å². The number of ether oxygens (including phenoxy) is 3. The molecule has 4 N–H and O–H groups in total. The molecule has 0 bridgehead atoms. The lowest BCUT2D eigenvalue weighted by atomic mass is 9.87. The highest BCUT2D eigenvalue weighted by molar-refractivity contribution is 7.82. The van der Waals surface area contributed by atoms with Crippen LogP contribution in [0.1, 0.15) is 48.4 Å². The van der Waals surface area contributed by atoms with Crippen LogP contribution in [-0.2, 0) is 22.3 Å². The van der Waals surface area contributed by atoms with E-state index in [9.17, 15) is 4.21 Å². The van der Waals surface area contributed by atoms with Crippen molar-refractivity contribution in [3.05, 3.63) is 76.9 Å². The highest BCUT2D eigenvalue weighted by atomic mass is 32.2. The Hall–Kier alpha value is -3.11. The van der Waals surface area contributed by atoms with Crippen molar-refractivity contribution < 1.29 is 18.4 Å². The monoisotopic (exact) mass is 554 g/mol. The van der Waals surface area contributed by atoms with E-state index in [-0.39, 0.29) is 5.92 Å². The molecule has 0 spiro atoms. The molecule has 3 rings (SSSR count). The first-order chi connectivity index (χ1) is 18.7. The van der Waals surface area contributed by atoms with Gasteiger partial charge in [-0.15, -0.1) is 0 Å². The van der Waals surface area contributed by atoms with E-state index in [4.69, 9.17) is 25.8 Å². The predicted octanol–water partition coefficient (Wildman–Crippen LogP) is 5.01. The molecule has 0 radical (unpaired) electrons. The summed E-state index contributed by atoms with van der Waals surface area (Å²) in [4.78, 5) is 0.724. The first-order valence-electron chi connectivity index (χ1n) is 13.2. The van der Waals surface area contributed by atoms with Crippen molar-refractivity contribution in [2.75, 3.05) is 51.8 Å². The fourth-order valence-corrected chi connectivity index (χ4v) is 5.61. The summed E-state index contributed by atoms with van der Waals surface area (Å²) in [5, 5.41) is 1.47. The zero-order valence-corrected chi connectivity index (χ0v) is 24.7. The van der Waals surface area contributed by atoms with Gasteiger partial charge in [-0.05, 0) is 78.9 Å². The quantitative estimate of drug-likeness (QED) is 0.125. The normalized spacial score (nSPS) is 12.8. The Bertz CT molecular complexity index is 1250. The van der Waals surface area contributed by atoms with Crippen LogP contribution in [0.2, 0.25) is 0 Å². The highest BCUT2D eigenvalue weighted by Gasteiger charge is 2.20. The summed E-state index contributed by atoms with van der Waals surface area (Å²) < 4.78 is 31.7. The molecule has 3 aromatic carbocycles. The summed E-state index contributed by atoms with van der Waals surface area (Å²) in [5.41, 5.74) is 12.1. The molecule has 0 saturated carbocycles. The van der Waals surface area contributed by atoms with Gasteiger partial charge in [0.2, 0.25) is 0 Å². The lowest BCUT2D eigenvalue weighted by Gasteiger charge is -2.24. The van der Waals surface area contributed by atoms with Crippen LogP contribution in [0.3, 0.4) is 0 Å². The fraction of sp³-hybridized carbons (Fsp3) is 0.400. The van der Waals surface area contributed by atoms with Crippen LogP contribution in [0, 0.1) is 6.92 Å². The minimum absolute atomic E-state index is 0.115. The minimum atomic E-state index is -1.32. The zero-order valence-electron chi connectivity index (χ0n) is 23.9. The molecule has 8 nitrogen and oxygen atoms in total. The third-order valence-corrected chi connectivity index (χ3v) is 8.06. The number of hydrazine groups is 1. The summed E-state index contributed by atoms with van der Waals surface area (Å²) in [5.74, 6) is 7.47. The van der Waals surface area contributed by atoms with Crippen molar-refractivity contribution in [2.24, 2.45) is 5.84 Å². The molecule has 0 saturated heterocycles. The maximum Gasteiger partial charge on any atom is 0.145 e. The van der Waals surface area contributed by atoms with E-state index in [0.29, 0.717) is 43.5 Å². The summed E-state index contributed by atoms with van der Waals surface area (Å²) in [6, 6.07) is 17.9. The number of aryl methyl sites for hydroxylation is 1. The van der Waals surface area contributed by atoms with E-state index in [0.717, 1.165) is 33.8 Å². The van der Waals surface area contributed by atoms with Gasteiger partial charge in [-0.1, -0.05) is 25.1 Å². The summed E-state index contributed by atoms with van der Waals surface area (Å²) in [6.07, 6.45) is 0.879. The highest BCUT2D eigenvalue weighted by Crippen LogP contribution is 2.39. The number of nitrogen functional groups attached to an aromatic ring is 1. The smallest absolute Gasteiger partial charge is 0.145 e. The minimum Gasteiger partial charge on any atom is -0.494 e. The first-order valence-corrected chi connectivity index (χ1v) is 14.3.